The van der Waals surface area contributed by atoms with Gasteiger partial charge in [0, 0.05) is 19.0 Å². The Labute approximate surface area is 95.8 Å². The summed E-state index contributed by atoms with van der Waals surface area (Å²) in [6.07, 6.45) is 0.882. The van der Waals surface area contributed by atoms with Gasteiger partial charge in [0.2, 0.25) is 0 Å². The second-order valence-electron chi connectivity index (χ2n) is 4.20. The molecule has 2 heterocycles. The van der Waals surface area contributed by atoms with Crippen molar-refractivity contribution in [2.45, 2.75) is 19.6 Å². The summed E-state index contributed by atoms with van der Waals surface area (Å²) < 4.78 is 5.43. The number of rotatable bonds is 3. The van der Waals surface area contributed by atoms with E-state index >= 15 is 0 Å². The molecule has 0 radical (unpaired) electrons. The van der Waals surface area contributed by atoms with Crippen molar-refractivity contribution in [1.82, 2.24) is 14.9 Å². The predicted octanol–water partition coefficient (Wildman–Crippen LogP) is 0.653. The van der Waals surface area contributed by atoms with Gasteiger partial charge in [-0.25, -0.2) is 9.97 Å². The Hall–Kier alpha value is -1.20. The molecule has 16 heavy (non-hydrogen) atoms. The second kappa shape index (κ2) is 4.76. The van der Waals surface area contributed by atoms with Gasteiger partial charge in [0.15, 0.2) is 0 Å². The average Bonchev–Trinajstić information content (AvgIpc) is 2.27. The van der Waals surface area contributed by atoms with E-state index in [2.05, 4.69) is 20.2 Å². The molecule has 0 spiro atoms. The highest BCUT2D eigenvalue weighted by Crippen LogP contribution is 2.21. The summed E-state index contributed by atoms with van der Waals surface area (Å²) in [5, 5.41) is 3.12. The molecule has 0 fully saturated rings. The molecular weight excluding hydrogens is 204 g/mol. The number of hydrogen-bond donors (Lipinski definition) is 1. The summed E-state index contributed by atoms with van der Waals surface area (Å²) in [5.41, 5.74) is 2.23. The summed E-state index contributed by atoms with van der Waals surface area (Å²) in [7, 11) is 5.92. The molecule has 0 amide bonds. The predicted molar refractivity (Wildman–Crippen MR) is 62.3 cm³/mol. The van der Waals surface area contributed by atoms with E-state index in [4.69, 9.17) is 4.74 Å². The van der Waals surface area contributed by atoms with Crippen LogP contribution in [0.15, 0.2) is 0 Å². The van der Waals surface area contributed by atoms with Crippen molar-refractivity contribution in [3.05, 3.63) is 17.1 Å². The fraction of sp³-hybridized carbons (Fsp3) is 0.636. The molecule has 1 aromatic heterocycles. The number of aromatic nitrogens is 2. The molecule has 1 aliphatic heterocycles. The molecule has 1 aliphatic rings. The van der Waals surface area contributed by atoms with Crippen molar-refractivity contribution in [3.63, 3.8) is 0 Å². The van der Waals surface area contributed by atoms with E-state index in [1.165, 1.54) is 0 Å². The minimum absolute atomic E-state index is 0.619. The number of nitrogens with one attached hydrogen (secondary N) is 1. The highest BCUT2D eigenvalue weighted by Gasteiger charge is 2.17. The van der Waals surface area contributed by atoms with Crippen LogP contribution in [0.1, 0.15) is 17.1 Å². The van der Waals surface area contributed by atoms with E-state index < -0.39 is 0 Å². The molecule has 0 aliphatic carbocycles. The van der Waals surface area contributed by atoms with E-state index in [9.17, 15) is 0 Å². The van der Waals surface area contributed by atoms with Crippen LogP contribution >= 0.6 is 0 Å². The van der Waals surface area contributed by atoms with Gasteiger partial charge >= 0.3 is 0 Å². The molecule has 0 saturated heterocycles. The summed E-state index contributed by atoms with van der Waals surface area (Å²) in [6, 6.07) is 0. The van der Waals surface area contributed by atoms with Gasteiger partial charge in [0.1, 0.15) is 11.6 Å². The molecule has 5 heteroatoms. The number of ether oxygens (including phenoxy) is 1. The van der Waals surface area contributed by atoms with Crippen LogP contribution in [0.4, 0.5) is 5.82 Å². The lowest BCUT2D eigenvalue weighted by Gasteiger charge is -2.20. The first-order valence-electron chi connectivity index (χ1n) is 5.49. The maximum absolute atomic E-state index is 5.43. The van der Waals surface area contributed by atoms with Crippen molar-refractivity contribution in [1.29, 1.82) is 0 Å². The Kier molecular flexibility index (Phi) is 3.36. The minimum atomic E-state index is 0.619. The van der Waals surface area contributed by atoms with Crippen molar-refractivity contribution in [2.24, 2.45) is 0 Å². The number of hydrogen-bond acceptors (Lipinski definition) is 5. The molecule has 2 rings (SSSR count). The fourth-order valence-corrected chi connectivity index (χ4v) is 1.84. The molecular formula is C11H18N4O. The first-order valence-corrected chi connectivity index (χ1v) is 5.49. The highest BCUT2D eigenvalue weighted by molar-refractivity contribution is 5.46. The van der Waals surface area contributed by atoms with Gasteiger partial charge < -0.3 is 15.0 Å². The van der Waals surface area contributed by atoms with Gasteiger partial charge in [0.25, 0.3) is 0 Å². The highest BCUT2D eigenvalue weighted by atomic mass is 16.5. The maximum Gasteiger partial charge on any atom is 0.144 e. The number of anilines is 1. The normalized spacial score (nSPS) is 15.0. The zero-order chi connectivity index (χ0) is 11.5. The smallest absolute Gasteiger partial charge is 0.144 e. The lowest BCUT2D eigenvalue weighted by atomic mass is 10.1. The van der Waals surface area contributed by atoms with Gasteiger partial charge in [-0.3, -0.25) is 0 Å². The quantitative estimate of drug-likeness (QED) is 0.814. The zero-order valence-corrected chi connectivity index (χ0v) is 10.1. The van der Waals surface area contributed by atoms with Crippen molar-refractivity contribution in [2.75, 3.05) is 33.1 Å². The Morgan fingerprint density at radius 3 is 2.88 bits per heavy atom. The van der Waals surface area contributed by atoms with Gasteiger partial charge in [-0.15, -0.1) is 0 Å². The topological polar surface area (TPSA) is 50.3 Å². The lowest BCUT2D eigenvalue weighted by molar-refractivity contribution is 0.109. The third-order valence-corrected chi connectivity index (χ3v) is 2.56. The number of nitrogens with zero attached hydrogens (tertiary/aromatic N) is 3. The molecule has 0 atom stereocenters. The molecule has 1 aromatic rings. The Balaban J connectivity index is 2.35. The molecule has 0 aromatic carbocycles. The summed E-state index contributed by atoms with van der Waals surface area (Å²) in [5.74, 6) is 1.77. The summed E-state index contributed by atoms with van der Waals surface area (Å²) >= 11 is 0. The van der Waals surface area contributed by atoms with Gasteiger partial charge in [-0.1, -0.05) is 0 Å². The van der Waals surface area contributed by atoms with Crippen LogP contribution in [0, 0.1) is 0 Å². The monoisotopic (exact) mass is 222 g/mol. The fourth-order valence-electron chi connectivity index (χ4n) is 1.84. The Bertz CT molecular complexity index is 361. The van der Waals surface area contributed by atoms with Crippen molar-refractivity contribution >= 4 is 5.82 Å². The number of fused-ring (bicyclic) bond motifs is 1. The molecule has 0 bridgehead atoms. The van der Waals surface area contributed by atoms with Gasteiger partial charge in [-0.2, -0.15) is 0 Å². The van der Waals surface area contributed by atoms with Crippen LogP contribution < -0.4 is 5.32 Å². The summed E-state index contributed by atoms with van der Waals surface area (Å²) in [4.78, 5) is 11.2. The van der Waals surface area contributed by atoms with Crippen molar-refractivity contribution < 1.29 is 4.74 Å². The summed E-state index contributed by atoms with van der Waals surface area (Å²) in [6.45, 7) is 2.14. The van der Waals surface area contributed by atoms with Gasteiger partial charge in [-0.05, 0) is 14.1 Å². The van der Waals surface area contributed by atoms with Crippen LogP contribution in [0.3, 0.4) is 0 Å². The van der Waals surface area contributed by atoms with Crippen LogP contribution in [0.5, 0.6) is 0 Å². The third kappa shape index (κ3) is 2.31. The van der Waals surface area contributed by atoms with E-state index in [0.29, 0.717) is 6.61 Å². The van der Waals surface area contributed by atoms with Gasteiger partial charge in [0.05, 0.1) is 25.5 Å². The van der Waals surface area contributed by atoms with Crippen molar-refractivity contribution in [3.8, 4) is 0 Å². The standard InChI is InChI=1S/C11H18N4O/c1-12-11-8-7-16-5-4-9(8)13-10(14-11)6-15(2)3/h4-7H2,1-3H3,(H,12,13,14). The molecule has 0 saturated carbocycles. The zero-order valence-electron chi connectivity index (χ0n) is 10.1. The minimum Gasteiger partial charge on any atom is -0.376 e. The Morgan fingerprint density at radius 2 is 2.19 bits per heavy atom. The Morgan fingerprint density at radius 1 is 1.38 bits per heavy atom. The first kappa shape index (κ1) is 11.3. The SMILES string of the molecule is CNc1nc(CN(C)C)nc2c1COCC2. The van der Waals surface area contributed by atoms with Crippen LogP contribution in [0.25, 0.3) is 0 Å². The van der Waals surface area contributed by atoms with E-state index in [-0.39, 0.29) is 0 Å². The maximum atomic E-state index is 5.43. The second-order valence-corrected chi connectivity index (χ2v) is 4.20. The van der Waals surface area contributed by atoms with Crippen LogP contribution in [0.2, 0.25) is 0 Å². The van der Waals surface area contributed by atoms with Crippen LogP contribution in [-0.2, 0) is 24.3 Å². The van der Waals surface area contributed by atoms with E-state index in [1.807, 2.05) is 21.1 Å². The molecule has 0 unspecified atom stereocenters. The lowest BCUT2D eigenvalue weighted by Crippen LogP contribution is -2.20. The van der Waals surface area contributed by atoms with Crippen LogP contribution in [-0.4, -0.2) is 42.6 Å². The molecule has 5 nitrogen and oxygen atoms in total. The molecule has 88 valence electrons. The van der Waals surface area contributed by atoms with E-state index in [0.717, 1.165) is 42.5 Å². The molecule has 1 N–H and O–H groups in total. The average molecular weight is 222 g/mol. The van der Waals surface area contributed by atoms with E-state index in [1.54, 1.807) is 0 Å². The largest absolute Gasteiger partial charge is 0.376 e. The first-order chi connectivity index (χ1) is 7.70. The third-order valence-electron chi connectivity index (χ3n) is 2.56.